The Balaban J connectivity index is 1.71. The van der Waals surface area contributed by atoms with E-state index in [-0.39, 0.29) is 5.69 Å². The predicted molar refractivity (Wildman–Crippen MR) is 102 cm³/mol. The van der Waals surface area contributed by atoms with Crippen molar-refractivity contribution in [3.05, 3.63) is 88.7 Å². The standard InChI is InChI=1S/C20H15ClF3N3O/c21-18-5-4-16(11-17(18)20(22,23)24)27-19(28)14-2-1-3-15(10-14)26-12-13-6-8-25-9-7-13/h1-11,26H,12H2,(H,27,28). The van der Waals surface area contributed by atoms with Crippen LogP contribution in [0.15, 0.2) is 67.0 Å². The van der Waals surface area contributed by atoms with Crippen LogP contribution in [-0.4, -0.2) is 10.9 Å². The molecule has 1 heterocycles. The van der Waals surface area contributed by atoms with E-state index in [9.17, 15) is 18.0 Å². The zero-order chi connectivity index (χ0) is 20.1. The van der Waals surface area contributed by atoms with Gasteiger partial charge < -0.3 is 10.6 Å². The molecule has 3 aromatic rings. The summed E-state index contributed by atoms with van der Waals surface area (Å²) in [5.41, 5.74) is 1.04. The smallest absolute Gasteiger partial charge is 0.381 e. The van der Waals surface area contributed by atoms with Gasteiger partial charge in [-0.1, -0.05) is 17.7 Å². The largest absolute Gasteiger partial charge is 0.417 e. The van der Waals surface area contributed by atoms with Gasteiger partial charge in [-0.25, -0.2) is 0 Å². The third-order valence-corrected chi connectivity index (χ3v) is 4.23. The normalized spacial score (nSPS) is 11.1. The van der Waals surface area contributed by atoms with Crippen molar-refractivity contribution in [3.63, 3.8) is 0 Å². The number of carbonyl (C=O) groups is 1. The Morgan fingerprint density at radius 1 is 1.00 bits per heavy atom. The van der Waals surface area contributed by atoms with Gasteiger partial charge >= 0.3 is 6.18 Å². The van der Waals surface area contributed by atoms with E-state index in [1.54, 1.807) is 36.7 Å². The number of aromatic nitrogens is 1. The number of halogens is 4. The van der Waals surface area contributed by atoms with Crippen molar-refractivity contribution in [2.45, 2.75) is 12.7 Å². The monoisotopic (exact) mass is 405 g/mol. The molecule has 0 aliphatic rings. The summed E-state index contributed by atoms with van der Waals surface area (Å²) in [6, 6.07) is 13.6. The molecular weight excluding hydrogens is 391 g/mol. The summed E-state index contributed by atoms with van der Waals surface area (Å²) >= 11 is 5.60. The van der Waals surface area contributed by atoms with Crippen LogP contribution in [0.25, 0.3) is 0 Å². The number of amides is 1. The minimum atomic E-state index is -4.60. The van der Waals surface area contributed by atoms with E-state index in [1.807, 2.05) is 12.1 Å². The fourth-order valence-corrected chi connectivity index (χ4v) is 2.72. The average molecular weight is 406 g/mol. The number of rotatable bonds is 5. The molecule has 1 aromatic heterocycles. The second-order valence-corrected chi connectivity index (χ2v) is 6.34. The Bertz CT molecular complexity index is 978. The molecule has 0 aliphatic heterocycles. The maximum atomic E-state index is 13.0. The topological polar surface area (TPSA) is 54.0 Å². The average Bonchev–Trinajstić information content (AvgIpc) is 2.68. The van der Waals surface area contributed by atoms with Gasteiger partial charge in [-0.15, -0.1) is 0 Å². The second kappa shape index (κ2) is 8.31. The number of alkyl halides is 3. The zero-order valence-electron chi connectivity index (χ0n) is 14.4. The van der Waals surface area contributed by atoms with Crippen molar-refractivity contribution in [1.29, 1.82) is 0 Å². The van der Waals surface area contributed by atoms with Crippen LogP contribution >= 0.6 is 11.6 Å². The van der Waals surface area contributed by atoms with Gasteiger partial charge in [0.05, 0.1) is 10.6 Å². The Labute approximate surface area is 164 Å². The second-order valence-electron chi connectivity index (χ2n) is 5.94. The van der Waals surface area contributed by atoms with E-state index < -0.39 is 22.7 Å². The molecule has 0 saturated carbocycles. The molecule has 3 rings (SSSR count). The van der Waals surface area contributed by atoms with Crippen molar-refractivity contribution >= 4 is 28.9 Å². The molecule has 0 unspecified atom stereocenters. The lowest BCUT2D eigenvalue weighted by molar-refractivity contribution is -0.137. The number of nitrogens with zero attached hydrogens (tertiary/aromatic N) is 1. The molecule has 0 spiro atoms. The summed E-state index contributed by atoms with van der Waals surface area (Å²) in [6.07, 6.45) is -1.24. The maximum absolute atomic E-state index is 13.0. The molecule has 2 N–H and O–H groups in total. The van der Waals surface area contributed by atoms with Crippen molar-refractivity contribution in [3.8, 4) is 0 Å². The van der Waals surface area contributed by atoms with Crippen LogP contribution in [0, 0.1) is 0 Å². The van der Waals surface area contributed by atoms with Gasteiger partial charge in [0.1, 0.15) is 0 Å². The van der Waals surface area contributed by atoms with Gasteiger partial charge in [0.15, 0.2) is 0 Å². The highest BCUT2D eigenvalue weighted by atomic mass is 35.5. The Morgan fingerprint density at radius 2 is 1.75 bits per heavy atom. The van der Waals surface area contributed by atoms with Crippen molar-refractivity contribution < 1.29 is 18.0 Å². The van der Waals surface area contributed by atoms with Gasteiger partial charge in [-0.3, -0.25) is 9.78 Å². The summed E-state index contributed by atoms with van der Waals surface area (Å²) in [5, 5.41) is 5.22. The Hall–Kier alpha value is -3.06. The van der Waals surface area contributed by atoms with E-state index in [0.29, 0.717) is 17.8 Å². The molecule has 28 heavy (non-hydrogen) atoms. The highest BCUT2D eigenvalue weighted by Gasteiger charge is 2.33. The third-order valence-electron chi connectivity index (χ3n) is 3.90. The van der Waals surface area contributed by atoms with Gasteiger partial charge in [-0.05, 0) is 54.1 Å². The molecule has 0 atom stereocenters. The molecule has 0 fully saturated rings. The lowest BCUT2D eigenvalue weighted by Gasteiger charge is -2.12. The van der Waals surface area contributed by atoms with Crippen molar-refractivity contribution in [2.75, 3.05) is 10.6 Å². The number of hydrogen-bond donors (Lipinski definition) is 2. The van der Waals surface area contributed by atoms with Gasteiger partial charge in [0.2, 0.25) is 0 Å². The first-order chi connectivity index (χ1) is 13.3. The molecule has 1 amide bonds. The quantitative estimate of drug-likeness (QED) is 0.579. The number of benzene rings is 2. The fourth-order valence-electron chi connectivity index (χ4n) is 2.50. The lowest BCUT2D eigenvalue weighted by Crippen LogP contribution is -2.14. The first-order valence-corrected chi connectivity index (χ1v) is 8.61. The summed E-state index contributed by atoms with van der Waals surface area (Å²) in [7, 11) is 0. The number of anilines is 2. The van der Waals surface area contributed by atoms with Crippen molar-refractivity contribution in [2.24, 2.45) is 0 Å². The van der Waals surface area contributed by atoms with Crippen LogP contribution in [-0.2, 0) is 12.7 Å². The van der Waals surface area contributed by atoms with E-state index in [2.05, 4.69) is 15.6 Å². The highest BCUT2D eigenvalue weighted by Crippen LogP contribution is 2.36. The number of nitrogens with one attached hydrogen (secondary N) is 2. The zero-order valence-corrected chi connectivity index (χ0v) is 15.2. The maximum Gasteiger partial charge on any atom is 0.417 e. The van der Waals surface area contributed by atoms with Crippen LogP contribution in [0.5, 0.6) is 0 Å². The summed E-state index contributed by atoms with van der Waals surface area (Å²) in [4.78, 5) is 16.4. The van der Waals surface area contributed by atoms with E-state index in [0.717, 1.165) is 17.7 Å². The van der Waals surface area contributed by atoms with Crippen LogP contribution in [0.3, 0.4) is 0 Å². The van der Waals surface area contributed by atoms with Gasteiger partial charge in [0, 0.05) is 35.9 Å². The lowest BCUT2D eigenvalue weighted by atomic mass is 10.1. The number of hydrogen-bond acceptors (Lipinski definition) is 3. The SMILES string of the molecule is O=C(Nc1ccc(Cl)c(C(F)(F)F)c1)c1cccc(NCc2ccncc2)c1. The summed E-state index contributed by atoms with van der Waals surface area (Å²) in [5.74, 6) is -0.525. The first-order valence-electron chi connectivity index (χ1n) is 8.24. The predicted octanol–water partition coefficient (Wildman–Crippen LogP) is 5.62. The molecule has 144 valence electrons. The molecule has 2 aromatic carbocycles. The van der Waals surface area contributed by atoms with E-state index >= 15 is 0 Å². The minimum Gasteiger partial charge on any atom is -0.381 e. The summed E-state index contributed by atoms with van der Waals surface area (Å²) in [6.45, 7) is 0.541. The highest BCUT2D eigenvalue weighted by molar-refractivity contribution is 6.31. The van der Waals surface area contributed by atoms with Crippen LogP contribution in [0.4, 0.5) is 24.5 Å². The fraction of sp³-hybridized carbons (Fsp3) is 0.100. The molecule has 4 nitrogen and oxygen atoms in total. The van der Waals surface area contributed by atoms with Gasteiger partial charge in [-0.2, -0.15) is 13.2 Å². The van der Waals surface area contributed by atoms with Crippen LogP contribution in [0.1, 0.15) is 21.5 Å². The molecule has 0 radical (unpaired) electrons. The molecule has 0 bridgehead atoms. The van der Waals surface area contributed by atoms with E-state index in [1.165, 1.54) is 6.07 Å². The minimum absolute atomic E-state index is 0.0110. The molecular formula is C20H15ClF3N3O. The summed E-state index contributed by atoms with van der Waals surface area (Å²) < 4.78 is 38.9. The Kier molecular flexibility index (Phi) is 5.84. The Morgan fingerprint density at radius 3 is 2.46 bits per heavy atom. The molecule has 8 heteroatoms. The van der Waals surface area contributed by atoms with Crippen LogP contribution in [0.2, 0.25) is 5.02 Å². The van der Waals surface area contributed by atoms with Crippen LogP contribution < -0.4 is 10.6 Å². The molecule has 0 aliphatic carbocycles. The number of carbonyl (C=O) groups excluding carboxylic acids is 1. The third kappa shape index (κ3) is 5.01. The molecule has 0 saturated heterocycles. The van der Waals surface area contributed by atoms with Crippen molar-refractivity contribution in [1.82, 2.24) is 4.98 Å². The number of pyridine rings is 1. The van der Waals surface area contributed by atoms with E-state index in [4.69, 9.17) is 11.6 Å². The first kappa shape index (κ1) is 19.7. The van der Waals surface area contributed by atoms with Gasteiger partial charge in [0.25, 0.3) is 5.91 Å².